The fraction of sp³-hybridized carbons (Fsp3) is 0.944. The van der Waals surface area contributed by atoms with Gasteiger partial charge in [0.15, 0.2) is 5.96 Å². The van der Waals surface area contributed by atoms with Gasteiger partial charge in [0.05, 0.1) is 26.4 Å². The minimum atomic E-state index is 0.656. The summed E-state index contributed by atoms with van der Waals surface area (Å²) in [7, 11) is 1.90. The highest BCUT2D eigenvalue weighted by Crippen LogP contribution is 2.17. The Morgan fingerprint density at radius 2 is 1.72 bits per heavy atom. The van der Waals surface area contributed by atoms with E-state index in [1.54, 1.807) is 0 Å². The van der Waals surface area contributed by atoms with Crippen molar-refractivity contribution in [1.82, 2.24) is 20.0 Å². The largest absolute Gasteiger partial charge is 0.379 e. The van der Waals surface area contributed by atoms with Crippen molar-refractivity contribution >= 4 is 5.96 Å². The maximum atomic E-state index is 5.47. The van der Waals surface area contributed by atoms with Gasteiger partial charge in [0, 0.05) is 58.9 Å². The average Bonchev–Trinajstić information content (AvgIpc) is 3.16. The highest BCUT2D eigenvalue weighted by atomic mass is 16.5. The molecule has 0 radical (unpaired) electrons. The Morgan fingerprint density at radius 3 is 2.44 bits per heavy atom. The van der Waals surface area contributed by atoms with E-state index in [1.165, 1.54) is 25.8 Å². The molecule has 0 aromatic heterocycles. The molecule has 0 saturated carbocycles. The first-order valence-electron chi connectivity index (χ1n) is 9.94. The lowest BCUT2D eigenvalue weighted by Gasteiger charge is -2.32. The van der Waals surface area contributed by atoms with Crippen LogP contribution in [0.5, 0.6) is 0 Å². The molecule has 144 valence electrons. The minimum Gasteiger partial charge on any atom is -0.379 e. The molecule has 0 aromatic rings. The smallest absolute Gasteiger partial charge is 0.193 e. The molecular weight excluding hydrogens is 318 g/mol. The standard InChI is InChI=1S/C18H35N5O2/c1-19-18(20-5-2-3-6-21-8-12-24-13-9-21)23-7-4-17(16-23)22-10-14-25-15-11-22/h17H,2-16H2,1H3,(H,19,20). The molecule has 3 heterocycles. The number of guanidine groups is 1. The topological polar surface area (TPSA) is 52.6 Å². The third-order valence-electron chi connectivity index (χ3n) is 5.52. The highest BCUT2D eigenvalue weighted by Gasteiger charge is 2.30. The van der Waals surface area contributed by atoms with Crippen LogP contribution in [0, 0.1) is 0 Å². The van der Waals surface area contributed by atoms with Crippen LogP contribution in [0.1, 0.15) is 19.3 Å². The maximum Gasteiger partial charge on any atom is 0.193 e. The Bertz CT molecular complexity index is 408. The summed E-state index contributed by atoms with van der Waals surface area (Å²) in [6.07, 6.45) is 3.66. The molecule has 0 amide bonds. The van der Waals surface area contributed by atoms with Gasteiger partial charge in [-0.2, -0.15) is 0 Å². The molecule has 1 atom stereocenters. The van der Waals surface area contributed by atoms with Gasteiger partial charge >= 0.3 is 0 Å². The van der Waals surface area contributed by atoms with Crippen molar-refractivity contribution in [3.63, 3.8) is 0 Å². The molecule has 1 N–H and O–H groups in total. The van der Waals surface area contributed by atoms with Crippen LogP contribution in [0.15, 0.2) is 4.99 Å². The van der Waals surface area contributed by atoms with E-state index in [4.69, 9.17) is 9.47 Å². The predicted molar refractivity (Wildman–Crippen MR) is 100 cm³/mol. The Labute approximate surface area is 152 Å². The molecule has 7 nitrogen and oxygen atoms in total. The summed E-state index contributed by atoms with van der Waals surface area (Å²) in [6, 6.07) is 0.656. The molecule has 3 rings (SSSR count). The average molecular weight is 354 g/mol. The van der Waals surface area contributed by atoms with Gasteiger partial charge < -0.3 is 19.7 Å². The van der Waals surface area contributed by atoms with Crippen molar-refractivity contribution < 1.29 is 9.47 Å². The number of hydrogen-bond donors (Lipinski definition) is 1. The quantitative estimate of drug-likeness (QED) is 0.415. The lowest BCUT2D eigenvalue weighted by molar-refractivity contribution is 0.0195. The normalized spacial score (nSPS) is 27.0. The molecule has 0 bridgehead atoms. The fourth-order valence-corrected chi connectivity index (χ4v) is 3.99. The number of nitrogens with zero attached hydrogens (tertiary/aromatic N) is 4. The number of aliphatic imine (C=N–C) groups is 1. The summed E-state index contributed by atoms with van der Waals surface area (Å²) in [6.45, 7) is 12.3. The first-order valence-corrected chi connectivity index (χ1v) is 9.94. The molecule has 3 aliphatic heterocycles. The summed E-state index contributed by atoms with van der Waals surface area (Å²) in [5.74, 6) is 1.07. The van der Waals surface area contributed by atoms with Gasteiger partial charge in [-0.15, -0.1) is 0 Å². The van der Waals surface area contributed by atoms with E-state index in [-0.39, 0.29) is 0 Å². The van der Waals surface area contributed by atoms with Crippen LogP contribution in [-0.4, -0.2) is 113 Å². The minimum absolute atomic E-state index is 0.656. The zero-order valence-electron chi connectivity index (χ0n) is 15.8. The van der Waals surface area contributed by atoms with E-state index in [1.807, 2.05) is 7.05 Å². The Morgan fingerprint density at radius 1 is 1.00 bits per heavy atom. The van der Waals surface area contributed by atoms with Crippen molar-refractivity contribution in [2.75, 3.05) is 85.8 Å². The van der Waals surface area contributed by atoms with Crippen molar-refractivity contribution in [2.24, 2.45) is 4.99 Å². The Hall–Kier alpha value is -0.890. The van der Waals surface area contributed by atoms with Crippen LogP contribution < -0.4 is 5.32 Å². The molecule has 3 saturated heterocycles. The van der Waals surface area contributed by atoms with Crippen molar-refractivity contribution in [1.29, 1.82) is 0 Å². The van der Waals surface area contributed by atoms with Gasteiger partial charge in [-0.3, -0.25) is 14.8 Å². The molecule has 0 aliphatic carbocycles. The van der Waals surface area contributed by atoms with E-state index >= 15 is 0 Å². The summed E-state index contributed by atoms with van der Waals surface area (Å²) in [5.41, 5.74) is 0. The van der Waals surface area contributed by atoms with E-state index in [2.05, 4.69) is 25.0 Å². The van der Waals surface area contributed by atoms with E-state index in [9.17, 15) is 0 Å². The number of ether oxygens (including phenoxy) is 2. The van der Waals surface area contributed by atoms with Crippen LogP contribution in [-0.2, 0) is 9.47 Å². The van der Waals surface area contributed by atoms with Gasteiger partial charge in [-0.1, -0.05) is 0 Å². The SMILES string of the molecule is CN=C(NCCCCN1CCOCC1)N1CCC(N2CCOCC2)C1. The number of morpholine rings is 2. The number of nitrogens with one attached hydrogen (secondary N) is 1. The maximum absolute atomic E-state index is 5.47. The van der Waals surface area contributed by atoms with Crippen LogP contribution in [0.4, 0.5) is 0 Å². The Balaban J connectivity index is 1.31. The summed E-state index contributed by atoms with van der Waals surface area (Å²) < 4.78 is 10.9. The molecule has 0 spiro atoms. The van der Waals surface area contributed by atoms with Gasteiger partial charge in [0.2, 0.25) is 0 Å². The predicted octanol–water partition coefficient (Wildman–Crippen LogP) is 0.0807. The second-order valence-electron chi connectivity index (χ2n) is 7.17. The van der Waals surface area contributed by atoms with Crippen LogP contribution in [0.25, 0.3) is 0 Å². The second-order valence-corrected chi connectivity index (χ2v) is 7.17. The fourth-order valence-electron chi connectivity index (χ4n) is 3.99. The van der Waals surface area contributed by atoms with E-state index in [0.29, 0.717) is 6.04 Å². The number of likely N-dealkylation sites (tertiary alicyclic amines) is 1. The first kappa shape index (κ1) is 18.9. The molecule has 0 aromatic carbocycles. The van der Waals surface area contributed by atoms with E-state index < -0.39 is 0 Å². The summed E-state index contributed by atoms with van der Waals surface area (Å²) in [5, 5.41) is 3.56. The molecule has 25 heavy (non-hydrogen) atoms. The van der Waals surface area contributed by atoms with Crippen LogP contribution in [0.3, 0.4) is 0 Å². The molecule has 3 aliphatic rings. The van der Waals surface area contributed by atoms with E-state index in [0.717, 1.165) is 78.2 Å². The second kappa shape index (κ2) is 10.3. The number of hydrogen-bond acceptors (Lipinski definition) is 5. The van der Waals surface area contributed by atoms with Gasteiger partial charge in [0.25, 0.3) is 0 Å². The summed E-state index contributed by atoms with van der Waals surface area (Å²) >= 11 is 0. The van der Waals surface area contributed by atoms with Crippen LogP contribution >= 0.6 is 0 Å². The van der Waals surface area contributed by atoms with Gasteiger partial charge in [-0.05, 0) is 25.8 Å². The van der Waals surface area contributed by atoms with Gasteiger partial charge in [-0.25, -0.2) is 0 Å². The number of rotatable bonds is 6. The third kappa shape index (κ3) is 5.81. The van der Waals surface area contributed by atoms with Crippen molar-refractivity contribution in [3.05, 3.63) is 0 Å². The first-order chi connectivity index (χ1) is 12.4. The van der Waals surface area contributed by atoms with Crippen LogP contribution in [0.2, 0.25) is 0 Å². The third-order valence-corrected chi connectivity index (χ3v) is 5.52. The highest BCUT2D eigenvalue weighted by molar-refractivity contribution is 5.80. The molecule has 3 fully saturated rings. The molecule has 7 heteroatoms. The Kier molecular flexibility index (Phi) is 7.79. The lowest BCUT2D eigenvalue weighted by atomic mass is 10.2. The summed E-state index contributed by atoms with van der Waals surface area (Å²) in [4.78, 5) is 12.0. The van der Waals surface area contributed by atoms with Crippen molar-refractivity contribution in [3.8, 4) is 0 Å². The van der Waals surface area contributed by atoms with Crippen molar-refractivity contribution in [2.45, 2.75) is 25.3 Å². The van der Waals surface area contributed by atoms with Gasteiger partial charge in [0.1, 0.15) is 0 Å². The number of unbranched alkanes of at least 4 members (excludes halogenated alkanes) is 1. The zero-order chi connectivity index (χ0) is 17.3. The molecule has 1 unspecified atom stereocenters. The lowest BCUT2D eigenvalue weighted by Crippen LogP contribution is -2.46. The molecular formula is C18H35N5O2. The zero-order valence-corrected chi connectivity index (χ0v) is 15.8. The monoisotopic (exact) mass is 353 g/mol.